The molecule has 0 amide bonds. The molecule has 3 nitrogen and oxygen atoms in total. The van der Waals surface area contributed by atoms with Crippen LogP contribution in [0.2, 0.25) is 0 Å². The van der Waals surface area contributed by atoms with Crippen LogP contribution in [0.5, 0.6) is 0 Å². The summed E-state index contributed by atoms with van der Waals surface area (Å²) in [4.78, 5) is 12.6. The molecule has 2 aliphatic rings. The number of likely N-dealkylation sites (tertiary alicyclic amines) is 1. The van der Waals surface area contributed by atoms with E-state index in [9.17, 15) is 4.91 Å². The van der Waals surface area contributed by atoms with Crippen molar-refractivity contribution in [2.45, 2.75) is 40.7 Å². The molecule has 1 aliphatic heterocycles. The highest BCUT2D eigenvalue weighted by Crippen LogP contribution is 2.52. The normalized spacial score (nSPS) is 39.7. The first-order valence-corrected chi connectivity index (χ1v) is 5.17. The predicted molar refractivity (Wildman–Crippen MR) is 61.4 cm³/mol. The van der Waals surface area contributed by atoms with Crippen LogP contribution < -0.4 is 0 Å². The maximum atomic E-state index is 10.3. The highest BCUT2D eigenvalue weighted by atomic mass is 16.3. The van der Waals surface area contributed by atoms with E-state index in [1.54, 1.807) is 0 Å². The van der Waals surface area contributed by atoms with Crippen molar-refractivity contribution < 1.29 is 0 Å². The van der Waals surface area contributed by atoms with Gasteiger partial charge in [-0.3, -0.25) is 0 Å². The highest BCUT2D eigenvalue weighted by molar-refractivity contribution is 5.08. The van der Waals surface area contributed by atoms with E-state index in [1.165, 1.54) is 0 Å². The number of nitroso groups, excluding NO2 is 1. The van der Waals surface area contributed by atoms with Crippen molar-refractivity contribution in [3.63, 3.8) is 0 Å². The van der Waals surface area contributed by atoms with Crippen LogP contribution in [0.3, 0.4) is 0 Å². The Morgan fingerprint density at radius 1 is 1.43 bits per heavy atom. The zero-order valence-corrected chi connectivity index (χ0v) is 9.08. The van der Waals surface area contributed by atoms with E-state index in [2.05, 4.69) is 24.0 Å². The number of nitrogens with zero attached hydrogens (tertiary/aromatic N) is 2. The zero-order valence-electron chi connectivity index (χ0n) is 9.08. The van der Waals surface area contributed by atoms with Crippen LogP contribution in [0.15, 0.2) is 5.18 Å². The third-order valence-corrected chi connectivity index (χ3v) is 3.31. The molecule has 1 aliphatic carbocycles. The molecule has 0 radical (unpaired) electrons. The van der Waals surface area contributed by atoms with Gasteiger partial charge in [0.15, 0.2) is 0 Å². The van der Waals surface area contributed by atoms with Gasteiger partial charge in [-0.25, -0.2) is 0 Å². The molecular formula is C11H24N2O. The summed E-state index contributed by atoms with van der Waals surface area (Å²) in [6.45, 7) is 8.47. The molecule has 1 heterocycles. The minimum Gasteiger partial charge on any atom is -0.305 e. The summed E-state index contributed by atoms with van der Waals surface area (Å²) in [6, 6.07) is 0.116. The first-order valence-electron chi connectivity index (χ1n) is 5.17. The summed E-state index contributed by atoms with van der Waals surface area (Å²) >= 11 is 0. The Morgan fingerprint density at radius 2 is 2.00 bits per heavy atom. The lowest BCUT2D eigenvalue weighted by molar-refractivity contribution is 0.0766. The van der Waals surface area contributed by atoms with Gasteiger partial charge in [0, 0.05) is 19.0 Å². The average molecular weight is 200 g/mol. The lowest BCUT2D eigenvalue weighted by Gasteiger charge is -2.44. The Hall–Kier alpha value is -0.440. The van der Waals surface area contributed by atoms with E-state index in [0.29, 0.717) is 11.3 Å². The minimum atomic E-state index is 0. The van der Waals surface area contributed by atoms with E-state index < -0.39 is 0 Å². The molecule has 0 aromatic heterocycles. The first-order chi connectivity index (χ1) is 6.15. The molecular weight excluding hydrogens is 176 g/mol. The molecule has 0 bridgehead atoms. The number of fused-ring (bicyclic) bond motifs is 1. The van der Waals surface area contributed by atoms with Crippen molar-refractivity contribution in [2.24, 2.45) is 16.5 Å². The van der Waals surface area contributed by atoms with Crippen molar-refractivity contribution in [1.29, 1.82) is 0 Å². The molecule has 2 unspecified atom stereocenters. The van der Waals surface area contributed by atoms with E-state index in [-0.39, 0.29) is 13.5 Å². The summed E-state index contributed by atoms with van der Waals surface area (Å²) in [6.07, 6.45) is 1.01. The zero-order chi connectivity index (χ0) is 10.1. The van der Waals surface area contributed by atoms with Crippen LogP contribution in [0.1, 0.15) is 34.6 Å². The Balaban J connectivity index is 0.000000531. The maximum absolute atomic E-state index is 10.3. The average Bonchev–Trinajstić information content (AvgIpc) is 2.34. The number of hydrogen-bond acceptors (Lipinski definition) is 3. The quantitative estimate of drug-likeness (QED) is 0.610. The number of rotatable bonds is 1. The molecule has 0 aromatic carbocycles. The van der Waals surface area contributed by atoms with Crippen LogP contribution in [-0.2, 0) is 0 Å². The molecule has 0 N–H and O–H groups in total. The summed E-state index contributed by atoms with van der Waals surface area (Å²) in [5.74, 6) is 0.546. The van der Waals surface area contributed by atoms with Gasteiger partial charge in [0.2, 0.25) is 0 Å². The van der Waals surface area contributed by atoms with Crippen molar-refractivity contribution in [2.75, 3.05) is 20.1 Å². The molecule has 1 saturated heterocycles. The summed E-state index contributed by atoms with van der Waals surface area (Å²) < 4.78 is 0. The molecule has 84 valence electrons. The molecule has 3 heteroatoms. The first kappa shape index (κ1) is 13.6. The summed E-state index contributed by atoms with van der Waals surface area (Å²) in [5, 5.41) is 3.14. The van der Waals surface area contributed by atoms with E-state index in [1.807, 2.05) is 13.8 Å². The molecule has 0 spiro atoms. The Kier molecular flexibility index (Phi) is 4.72. The fourth-order valence-electron chi connectivity index (χ4n) is 2.73. The lowest BCUT2D eigenvalue weighted by Crippen LogP contribution is -2.47. The Morgan fingerprint density at radius 3 is 2.43 bits per heavy atom. The van der Waals surface area contributed by atoms with Crippen molar-refractivity contribution in [1.82, 2.24) is 4.90 Å². The van der Waals surface area contributed by atoms with Gasteiger partial charge >= 0.3 is 0 Å². The SMILES string of the molecule is C.CC.CN1CC2C(N=O)C[C@]2(C)C1. The lowest BCUT2D eigenvalue weighted by atomic mass is 9.60. The highest BCUT2D eigenvalue weighted by Gasteiger charge is 2.55. The second kappa shape index (κ2) is 4.87. The van der Waals surface area contributed by atoms with E-state index >= 15 is 0 Å². The van der Waals surface area contributed by atoms with E-state index in [4.69, 9.17) is 0 Å². The molecule has 2 rings (SSSR count). The monoisotopic (exact) mass is 200 g/mol. The van der Waals surface area contributed by atoms with Crippen LogP contribution >= 0.6 is 0 Å². The fraction of sp³-hybridized carbons (Fsp3) is 1.00. The molecule has 14 heavy (non-hydrogen) atoms. The van der Waals surface area contributed by atoms with E-state index in [0.717, 1.165) is 19.5 Å². The smallest absolute Gasteiger partial charge is 0.0971 e. The standard InChI is InChI=1S/C8H14N2O.C2H6.CH4/c1-8-3-7(9-11)6(8)4-10(2)5-8;1-2;/h6-7H,3-5H2,1-2H3;1-2H3;1H4/t6?,7?,8-;;/m1../s1. The second-order valence-electron chi connectivity index (χ2n) is 4.33. The van der Waals surface area contributed by atoms with Crippen LogP contribution in [0.4, 0.5) is 0 Å². The number of hydrogen-bond donors (Lipinski definition) is 0. The Bertz CT molecular complexity index is 196. The van der Waals surface area contributed by atoms with Gasteiger partial charge < -0.3 is 4.90 Å². The maximum Gasteiger partial charge on any atom is 0.0971 e. The largest absolute Gasteiger partial charge is 0.305 e. The second-order valence-corrected chi connectivity index (χ2v) is 4.33. The fourth-order valence-corrected chi connectivity index (χ4v) is 2.73. The van der Waals surface area contributed by atoms with Crippen molar-refractivity contribution in [3.05, 3.63) is 4.91 Å². The Labute approximate surface area is 87.8 Å². The summed E-state index contributed by atoms with van der Waals surface area (Å²) in [7, 11) is 2.12. The molecule has 2 fully saturated rings. The van der Waals surface area contributed by atoms with Crippen LogP contribution in [0.25, 0.3) is 0 Å². The van der Waals surface area contributed by atoms with Gasteiger partial charge in [-0.1, -0.05) is 33.4 Å². The third-order valence-electron chi connectivity index (χ3n) is 3.31. The van der Waals surface area contributed by atoms with Gasteiger partial charge in [0.05, 0.1) is 6.04 Å². The molecule has 3 atom stereocenters. The van der Waals surface area contributed by atoms with Crippen LogP contribution in [-0.4, -0.2) is 31.1 Å². The minimum absolute atomic E-state index is 0. The van der Waals surface area contributed by atoms with Crippen molar-refractivity contribution >= 4 is 0 Å². The van der Waals surface area contributed by atoms with Crippen LogP contribution in [0, 0.1) is 16.2 Å². The molecule has 0 aromatic rings. The summed E-state index contributed by atoms with van der Waals surface area (Å²) in [5.41, 5.74) is 0.410. The van der Waals surface area contributed by atoms with Gasteiger partial charge in [-0.15, -0.1) is 0 Å². The van der Waals surface area contributed by atoms with Gasteiger partial charge in [0.25, 0.3) is 0 Å². The topological polar surface area (TPSA) is 32.7 Å². The predicted octanol–water partition coefficient (Wildman–Crippen LogP) is 2.76. The van der Waals surface area contributed by atoms with Gasteiger partial charge in [-0.05, 0) is 18.9 Å². The third kappa shape index (κ3) is 1.97. The van der Waals surface area contributed by atoms with Gasteiger partial charge in [-0.2, -0.15) is 4.91 Å². The van der Waals surface area contributed by atoms with Crippen molar-refractivity contribution in [3.8, 4) is 0 Å². The molecule has 1 saturated carbocycles. The van der Waals surface area contributed by atoms with Gasteiger partial charge in [0.1, 0.15) is 0 Å².